The van der Waals surface area contributed by atoms with Crippen LogP contribution in [-0.4, -0.2) is 24.5 Å². The molecule has 0 spiro atoms. The summed E-state index contributed by atoms with van der Waals surface area (Å²) in [6.45, 7) is 4.11. The Morgan fingerprint density at radius 3 is 2.64 bits per heavy atom. The van der Waals surface area contributed by atoms with E-state index in [1.54, 1.807) is 18.8 Å². The van der Waals surface area contributed by atoms with Crippen LogP contribution in [0.1, 0.15) is 13.8 Å². The van der Waals surface area contributed by atoms with Crippen LogP contribution in [0.25, 0.3) is 0 Å². The largest absolute Gasteiger partial charge is 0.358 e. The number of thioether (sulfide) groups is 1. The van der Waals surface area contributed by atoms with Crippen LogP contribution in [-0.2, 0) is 4.79 Å². The van der Waals surface area contributed by atoms with Crippen LogP contribution < -0.4 is 5.32 Å². The average Bonchev–Trinajstić information content (AvgIpc) is 1.97. The molecule has 0 radical (unpaired) electrons. The topological polar surface area (TPSA) is 29.1 Å². The highest BCUT2D eigenvalue weighted by Gasteiger charge is 1.94. The number of rotatable bonds is 4. The molecule has 0 aliphatic heterocycles. The van der Waals surface area contributed by atoms with Crippen molar-refractivity contribution in [3.8, 4) is 0 Å². The van der Waals surface area contributed by atoms with Crippen molar-refractivity contribution in [2.45, 2.75) is 13.8 Å². The molecule has 3 heteroatoms. The van der Waals surface area contributed by atoms with Gasteiger partial charge in [-0.15, -0.1) is 11.8 Å². The Morgan fingerprint density at radius 2 is 2.18 bits per heavy atom. The van der Waals surface area contributed by atoms with E-state index in [-0.39, 0.29) is 5.91 Å². The van der Waals surface area contributed by atoms with E-state index in [2.05, 4.69) is 25.2 Å². The Labute approximate surface area is 72.4 Å². The first kappa shape index (κ1) is 10.6. The first-order valence-electron chi connectivity index (χ1n) is 3.58. The van der Waals surface area contributed by atoms with Gasteiger partial charge in [0.2, 0.25) is 5.91 Å². The molecule has 11 heavy (non-hydrogen) atoms. The second-order valence-electron chi connectivity index (χ2n) is 2.47. The number of allylic oxidation sites excluding steroid dienone is 1. The molecule has 0 unspecified atom stereocenters. The van der Waals surface area contributed by atoms with Crippen LogP contribution in [0.5, 0.6) is 0 Å². The Kier molecular flexibility index (Phi) is 6.03. The summed E-state index contributed by atoms with van der Waals surface area (Å²) in [4.78, 5) is 10.7. The zero-order valence-corrected chi connectivity index (χ0v) is 8.12. The lowest BCUT2D eigenvalue weighted by Crippen LogP contribution is -2.19. The standard InChI is InChI=1S/C8H15NOS/c1-7(2)4-5-11-6-8(10)9-3/h4H,5-6H2,1-3H3,(H,9,10). The first-order valence-corrected chi connectivity index (χ1v) is 4.74. The van der Waals surface area contributed by atoms with Crippen LogP contribution in [0, 0.1) is 0 Å². The molecule has 0 aromatic carbocycles. The third-order valence-electron chi connectivity index (χ3n) is 1.12. The van der Waals surface area contributed by atoms with E-state index < -0.39 is 0 Å². The number of carbonyl (C=O) groups excluding carboxylic acids is 1. The van der Waals surface area contributed by atoms with Gasteiger partial charge in [-0.1, -0.05) is 11.6 Å². The number of hydrogen-bond acceptors (Lipinski definition) is 2. The van der Waals surface area contributed by atoms with Crippen molar-refractivity contribution in [1.82, 2.24) is 5.32 Å². The lowest BCUT2D eigenvalue weighted by molar-refractivity contribution is -0.118. The molecule has 0 fully saturated rings. The summed E-state index contributed by atoms with van der Waals surface area (Å²) in [5, 5.41) is 2.57. The molecule has 0 bridgehead atoms. The van der Waals surface area contributed by atoms with Crippen molar-refractivity contribution in [3.63, 3.8) is 0 Å². The highest BCUT2D eigenvalue weighted by Crippen LogP contribution is 2.01. The minimum absolute atomic E-state index is 0.0946. The Morgan fingerprint density at radius 1 is 1.55 bits per heavy atom. The van der Waals surface area contributed by atoms with Crippen LogP contribution in [0.2, 0.25) is 0 Å². The molecular weight excluding hydrogens is 158 g/mol. The normalized spacial score (nSPS) is 9.00. The van der Waals surface area contributed by atoms with E-state index in [1.807, 2.05) is 0 Å². The first-order chi connectivity index (χ1) is 5.16. The van der Waals surface area contributed by atoms with Gasteiger partial charge in [0.1, 0.15) is 0 Å². The van der Waals surface area contributed by atoms with Crippen LogP contribution in [0.3, 0.4) is 0 Å². The second-order valence-corrected chi connectivity index (χ2v) is 3.50. The molecule has 0 saturated carbocycles. The maximum Gasteiger partial charge on any atom is 0.229 e. The molecule has 1 N–H and O–H groups in total. The summed E-state index contributed by atoms with van der Waals surface area (Å²) < 4.78 is 0. The number of nitrogens with one attached hydrogen (secondary N) is 1. The fourth-order valence-electron chi connectivity index (χ4n) is 0.449. The average molecular weight is 173 g/mol. The lowest BCUT2D eigenvalue weighted by atomic mass is 10.3. The van der Waals surface area contributed by atoms with E-state index in [0.29, 0.717) is 5.75 Å². The quantitative estimate of drug-likeness (QED) is 0.515. The molecule has 0 aromatic rings. The Hall–Kier alpha value is -0.440. The van der Waals surface area contributed by atoms with Gasteiger partial charge < -0.3 is 5.32 Å². The molecule has 2 nitrogen and oxygen atoms in total. The highest BCUT2D eigenvalue weighted by atomic mass is 32.2. The molecule has 0 rings (SSSR count). The van der Waals surface area contributed by atoms with Gasteiger partial charge in [-0.05, 0) is 13.8 Å². The molecular formula is C8H15NOS. The van der Waals surface area contributed by atoms with Crippen LogP contribution >= 0.6 is 11.8 Å². The predicted molar refractivity (Wildman–Crippen MR) is 50.8 cm³/mol. The third kappa shape index (κ3) is 7.46. The molecule has 0 aliphatic rings. The summed E-state index contributed by atoms with van der Waals surface area (Å²) in [6.07, 6.45) is 2.12. The number of carbonyl (C=O) groups is 1. The van der Waals surface area contributed by atoms with Gasteiger partial charge in [0.05, 0.1) is 5.75 Å². The summed E-state index contributed by atoms with van der Waals surface area (Å²) in [6, 6.07) is 0. The highest BCUT2D eigenvalue weighted by molar-refractivity contribution is 8.00. The van der Waals surface area contributed by atoms with Crippen LogP contribution in [0.4, 0.5) is 0 Å². The van der Waals surface area contributed by atoms with Crippen molar-refractivity contribution in [1.29, 1.82) is 0 Å². The maximum absolute atomic E-state index is 10.7. The number of hydrogen-bond donors (Lipinski definition) is 1. The third-order valence-corrected chi connectivity index (χ3v) is 1.99. The Balaban J connectivity index is 3.28. The van der Waals surface area contributed by atoms with E-state index in [1.165, 1.54) is 5.57 Å². The Bertz CT molecular complexity index is 150. The smallest absolute Gasteiger partial charge is 0.229 e. The van der Waals surface area contributed by atoms with Gasteiger partial charge in [-0.25, -0.2) is 0 Å². The lowest BCUT2D eigenvalue weighted by Gasteiger charge is -1.96. The van der Waals surface area contributed by atoms with Crippen molar-refractivity contribution < 1.29 is 4.79 Å². The molecule has 0 heterocycles. The van der Waals surface area contributed by atoms with Gasteiger partial charge in [0, 0.05) is 12.8 Å². The van der Waals surface area contributed by atoms with Crippen LogP contribution in [0.15, 0.2) is 11.6 Å². The van der Waals surface area contributed by atoms with E-state index in [9.17, 15) is 4.79 Å². The minimum atomic E-state index is 0.0946. The maximum atomic E-state index is 10.7. The van der Waals surface area contributed by atoms with Crippen molar-refractivity contribution in [2.75, 3.05) is 18.6 Å². The van der Waals surface area contributed by atoms with Gasteiger partial charge >= 0.3 is 0 Å². The van der Waals surface area contributed by atoms with Gasteiger partial charge in [0.25, 0.3) is 0 Å². The van der Waals surface area contributed by atoms with Gasteiger partial charge in [-0.2, -0.15) is 0 Å². The summed E-state index contributed by atoms with van der Waals surface area (Å²) in [5.74, 6) is 1.58. The minimum Gasteiger partial charge on any atom is -0.358 e. The SMILES string of the molecule is CNC(=O)CSCC=C(C)C. The molecule has 1 amide bonds. The molecule has 0 aliphatic carbocycles. The molecule has 0 atom stereocenters. The van der Waals surface area contributed by atoms with E-state index in [4.69, 9.17) is 0 Å². The second kappa shape index (κ2) is 6.28. The fourth-order valence-corrected chi connectivity index (χ4v) is 1.35. The fraction of sp³-hybridized carbons (Fsp3) is 0.625. The molecule has 0 saturated heterocycles. The summed E-state index contributed by atoms with van der Waals surface area (Å²) in [5.41, 5.74) is 1.30. The van der Waals surface area contributed by atoms with E-state index in [0.717, 1.165) is 5.75 Å². The van der Waals surface area contributed by atoms with Crippen molar-refractivity contribution in [2.24, 2.45) is 0 Å². The zero-order valence-electron chi connectivity index (χ0n) is 7.31. The van der Waals surface area contributed by atoms with Crippen molar-refractivity contribution in [3.05, 3.63) is 11.6 Å². The van der Waals surface area contributed by atoms with E-state index >= 15 is 0 Å². The number of amides is 1. The molecule has 64 valence electrons. The summed E-state index contributed by atoms with van der Waals surface area (Å²) >= 11 is 1.63. The van der Waals surface area contributed by atoms with Gasteiger partial charge in [-0.3, -0.25) is 4.79 Å². The van der Waals surface area contributed by atoms with Crippen molar-refractivity contribution >= 4 is 17.7 Å². The predicted octanol–water partition coefficient (Wildman–Crippen LogP) is 1.43. The monoisotopic (exact) mass is 173 g/mol. The molecule has 0 aromatic heterocycles. The van der Waals surface area contributed by atoms with Gasteiger partial charge in [0.15, 0.2) is 0 Å². The summed E-state index contributed by atoms with van der Waals surface area (Å²) in [7, 11) is 1.66. The zero-order chi connectivity index (χ0) is 8.69.